The summed E-state index contributed by atoms with van der Waals surface area (Å²) in [6.45, 7) is 1.62. The number of halogens is 2. The van der Waals surface area contributed by atoms with E-state index in [0.717, 1.165) is 18.9 Å². The van der Waals surface area contributed by atoms with Crippen molar-refractivity contribution >= 4 is 0 Å². The lowest BCUT2D eigenvalue weighted by Crippen LogP contribution is -2.28. The Bertz CT molecular complexity index is 363. The molecule has 0 saturated heterocycles. The average molecular weight is 226 g/mol. The molecule has 0 bridgehead atoms. The Morgan fingerprint density at radius 2 is 1.81 bits per heavy atom. The fraction of sp³-hybridized carbons (Fsp3) is 0.538. The van der Waals surface area contributed by atoms with E-state index in [9.17, 15) is 13.9 Å². The Morgan fingerprint density at radius 1 is 1.25 bits per heavy atom. The van der Waals surface area contributed by atoms with E-state index in [-0.39, 0.29) is 0 Å². The molecule has 1 unspecified atom stereocenters. The molecule has 1 aromatic carbocycles. The Labute approximate surface area is 94.1 Å². The predicted molar refractivity (Wildman–Crippen MR) is 57.9 cm³/mol. The average Bonchev–Trinajstić information content (AvgIpc) is 2.10. The Morgan fingerprint density at radius 3 is 2.25 bits per heavy atom. The molecule has 0 amide bonds. The molecule has 1 aromatic rings. The lowest BCUT2D eigenvalue weighted by atomic mass is 9.76. The van der Waals surface area contributed by atoms with Crippen molar-refractivity contribution in [3.05, 3.63) is 35.4 Å². The second-order valence-electron chi connectivity index (χ2n) is 4.93. The molecule has 1 N–H and O–H groups in total. The lowest BCUT2D eigenvalue weighted by Gasteiger charge is -2.33. The molecule has 0 radical (unpaired) electrons. The molecule has 1 aliphatic carbocycles. The summed E-state index contributed by atoms with van der Waals surface area (Å²) in [5, 5.41) is 10.2. The number of rotatable bonds is 3. The van der Waals surface area contributed by atoms with E-state index in [0.29, 0.717) is 17.9 Å². The smallest absolute Gasteiger partial charge is 0.126 e. The van der Waals surface area contributed by atoms with Crippen LogP contribution in [0.5, 0.6) is 0 Å². The van der Waals surface area contributed by atoms with Gasteiger partial charge in [-0.3, -0.25) is 0 Å². The fourth-order valence-electron chi connectivity index (χ4n) is 2.24. The second-order valence-corrected chi connectivity index (χ2v) is 4.93. The van der Waals surface area contributed by atoms with Crippen molar-refractivity contribution in [3.8, 4) is 0 Å². The largest absolute Gasteiger partial charge is 0.385 e. The molecule has 16 heavy (non-hydrogen) atoms. The van der Waals surface area contributed by atoms with Crippen LogP contribution in [0, 0.1) is 17.6 Å². The van der Waals surface area contributed by atoms with Crippen LogP contribution in [-0.4, -0.2) is 5.11 Å². The van der Waals surface area contributed by atoms with Crippen LogP contribution in [0.3, 0.4) is 0 Å². The minimum Gasteiger partial charge on any atom is -0.385 e. The van der Waals surface area contributed by atoms with Crippen molar-refractivity contribution in [1.29, 1.82) is 0 Å². The van der Waals surface area contributed by atoms with E-state index in [2.05, 4.69) is 0 Å². The van der Waals surface area contributed by atoms with Gasteiger partial charge in [-0.15, -0.1) is 0 Å². The normalized spacial score (nSPS) is 20.2. The maximum atomic E-state index is 13.0. The van der Waals surface area contributed by atoms with Gasteiger partial charge in [-0.2, -0.15) is 0 Å². The summed E-state index contributed by atoms with van der Waals surface area (Å²) in [6, 6.07) is 3.24. The fourth-order valence-corrected chi connectivity index (χ4v) is 2.24. The zero-order valence-corrected chi connectivity index (χ0v) is 9.34. The van der Waals surface area contributed by atoms with Crippen LogP contribution >= 0.6 is 0 Å². The summed E-state index contributed by atoms with van der Waals surface area (Å²) in [6.07, 6.45) is 3.98. The third kappa shape index (κ3) is 2.40. The minimum atomic E-state index is -1.13. The van der Waals surface area contributed by atoms with Gasteiger partial charge in [0.25, 0.3) is 0 Å². The van der Waals surface area contributed by atoms with Gasteiger partial charge in [-0.05, 0) is 37.0 Å². The predicted octanol–water partition coefficient (Wildman–Crippen LogP) is 3.36. The van der Waals surface area contributed by atoms with E-state index in [1.54, 1.807) is 6.92 Å². The van der Waals surface area contributed by atoms with Gasteiger partial charge in [0.05, 0.1) is 5.60 Å². The summed E-state index contributed by atoms with van der Waals surface area (Å²) in [5.74, 6) is -0.783. The first-order chi connectivity index (χ1) is 7.47. The molecule has 1 aliphatic rings. The minimum absolute atomic E-state index is 0.330. The number of aliphatic hydroxyl groups is 1. The molecule has 0 aromatic heterocycles. The maximum absolute atomic E-state index is 13.0. The van der Waals surface area contributed by atoms with Gasteiger partial charge in [-0.25, -0.2) is 8.78 Å². The van der Waals surface area contributed by atoms with Crippen LogP contribution in [-0.2, 0) is 5.60 Å². The van der Waals surface area contributed by atoms with Crippen molar-refractivity contribution in [1.82, 2.24) is 0 Å². The number of hydrogen-bond acceptors (Lipinski definition) is 1. The van der Waals surface area contributed by atoms with Gasteiger partial charge in [-0.1, -0.05) is 19.3 Å². The molecule has 1 fully saturated rings. The zero-order chi connectivity index (χ0) is 11.8. The van der Waals surface area contributed by atoms with Gasteiger partial charge in [0.15, 0.2) is 0 Å². The molecule has 88 valence electrons. The van der Waals surface area contributed by atoms with Gasteiger partial charge < -0.3 is 5.11 Å². The van der Waals surface area contributed by atoms with Crippen molar-refractivity contribution in [2.75, 3.05) is 0 Å². The highest BCUT2D eigenvalue weighted by Gasteiger charge is 2.31. The SMILES string of the molecule is CC(O)(CC1CCC1)c1cc(F)cc(F)c1. The Balaban J connectivity index is 2.19. The highest BCUT2D eigenvalue weighted by atomic mass is 19.1. The van der Waals surface area contributed by atoms with Gasteiger partial charge >= 0.3 is 0 Å². The summed E-state index contributed by atoms with van der Waals surface area (Å²) < 4.78 is 26.1. The first kappa shape index (κ1) is 11.5. The van der Waals surface area contributed by atoms with Crippen LogP contribution in [0.4, 0.5) is 8.78 Å². The summed E-state index contributed by atoms with van der Waals surface area (Å²) in [7, 11) is 0. The van der Waals surface area contributed by atoms with Crippen molar-refractivity contribution < 1.29 is 13.9 Å². The van der Waals surface area contributed by atoms with E-state index in [1.807, 2.05) is 0 Å². The van der Waals surface area contributed by atoms with Crippen LogP contribution in [0.1, 0.15) is 38.2 Å². The first-order valence-electron chi connectivity index (χ1n) is 5.66. The molecule has 0 aliphatic heterocycles. The van der Waals surface area contributed by atoms with E-state index < -0.39 is 17.2 Å². The summed E-state index contributed by atoms with van der Waals surface area (Å²) >= 11 is 0. The van der Waals surface area contributed by atoms with Gasteiger partial charge in [0.1, 0.15) is 11.6 Å². The Hall–Kier alpha value is -0.960. The van der Waals surface area contributed by atoms with Crippen molar-refractivity contribution in [2.24, 2.45) is 5.92 Å². The standard InChI is InChI=1S/C13H16F2O/c1-13(16,8-9-3-2-4-9)10-5-11(14)7-12(15)6-10/h5-7,9,16H,2-4,8H2,1H3. The molecular formula is C13H16F2O. The molecule has 1 nitrogen and oxygen atoms in total. The number of hydrogen-bond donors (Lipinski definition) is 1. The molecule has 2 rings (SSSR count). The molecule has 1 atom stereocenters. The molecular weight excluding hydrogens is 210 g/mol. The summed E-state index contributed by atoms with van der Waals surface area (Å²) in [4.78, 5) is 0. The first-order valence-corrected chi connectivity index (χ1v) is 5.66. The van der Waals surface area contributed by atoms with E-state index in [4.69, 9.17) is 0 Å². The lowest BCUT2D eigenvalue weighted by molar-refractivity contribution is 0.0156. The van der Waals surface area contributed by atoms with E-state index >= 15 is 0 Å². The monoisotopic (exact) mass is 226 g/mol. The van der Waals surface area contributed by atoms with Crippen molar-refractivity contribution in [3.63, 3.8) is 0 Å². The molecule has 3 heteroatoms. The highest BCUT2D eigenvalue weighted by Crippen LogP contribution is 2.38. The van der Waals surface area contributed by atoms with Gasteiger partial charge in [0.2, 0.25) is 0 Å². The molecule has 0 heterocycles. The third-order valence-corrected chi connectivity index (χ3v) is 3.40. The van der Waals surface area contributed by atoms with Crippen LogP contribution in [0.15, 0.2) is 18.2 Å². The van der Waals surface area contributed by atoms with Gasteiger partial charge in [0, 0.05) is 6.07 Å². The quantitative estimate of drug-likeness (QED) is 0.837. The number of benzene rings is 1. The van der Waals surface area contributed by atoms with E-state index in [1.165, 1.54) is 18.6 Å². The Kier molecular flexibility index (Phi) is 2.98. The van der Waals surface area contributed by atoms with Crippen molar-refractivity contribution in [2.45, 2.75) is 38.2 Å². The van der Waals surface area contributed by atoms with Crippen LogP contribution in [0.25, 0.3) is 0 Å². The maximum Gasteiger partial charge on any atom is 0.126 e. The second kappa shape index (κ2) is 4.13. The van der Waals surface area contributed by atoms with Crippen LogP contribution < -0.4 is 0 Å². The highest BCUT2D eigenvalue weighted by molar-refractivity contribution is 5.23. The molecule has 1 saturated carbocycles. The third-order valence-electron chi connectivity index (χ3n) is 3.40. The van der Waals surface area contributed by atoms with Crippen LogP contribution in [0.2, 0.25) is 0 Å². The summed E-state index contributed by atoms with van der Waals surface area (Å²) in [5.41, 5.74) is -0.800. The zero-order valence-electron chi connectivity index (χ0n) is 9.34. The molecule has 0 spiro atoms. The topological polar surface area (TPSA) is 20.2 Å².